The third-order valence-electron chi connectivity index (χ3n) is 2.29. The SMILES string of the molecule is CCc1nccn1-c1ncc(CCl)cc1Cl. The lowest BCUT2D eigenvalue weighted by Gasteiger charge is -2.08. The zero-order chi connectivity index (χ0) is 11.5. The molecule has 5 heteroatoms. The Kier molecular flexibility index (Phi) is 3.46. The fraction of sp³-hybridized carbons (Fsp3) is 0.273. The Balaban J connectivity index is 2.48. The first-order chi connectivity index (χ1) is 7.76. The van der Waals surface area contributed by atoms with E-state index < -0.39 is 0 Å². The maximum atomic E-state index is 6.16. The van der Waals surface area contributed by atoms with Crippen LogP contribution in [0.25, 0.3) is 5.82 Å². The Morgan fingerprint density at radius 1 is 1.38 bits per heavy atom. The van der Waals surface area contributed by atoms with E-state index in [1.807, 2.05) is 23.8 Å². The van der Waals surface area contributed by atoms with Crippen molar-refractivity contribution in [1.29, 1.82) is 0 Å². The standard InChI is InChI=1S/C11H11Cl2N3/c1-2-10-14-3-4-16(10)11-9(13)5-8(6-12)7-15-11/h3-5,7H,2,6H2,1H3. The van der Waals surface area contributed by atoms with Crippen LogP contribution < -0.4 is 0 Å². The molecule has 0 bridgehead atoms. The molecule has 0 atom stereocenters. The molecule has 2 aromatic rings. The minimum absolute atomic E-state index is 0.414. The molecule has 2 aromatic heterocycles. The van der Waals surface area contributed by atoms with Gasteiger partial charge in [0, 0.05) is 30.9 Å². The summed E-state index contributed by atoms with van der Waals surface area (Å²) in [6.07, 6.45) is 6.16. The van der Waals surface area contributed by atoms with E-state index in [1.165, 1.54) is 0 Å². The second-order valence-electron chi connectivity index (χ2n) is 3.35. The van der Waals surface area contributed by atoms with Crippen molar-refractivity contribution < 1.29 is 0 Å². The van der Waals surface area contributed by atoms with Gasteiger partial charge in [-0.3, -0.25) is 4.57 Å². The van der Waals surface area contributed by atoms with Crippen LogP contribution in [0.5, 0.6) is 0 Å². The van der Waals surface area contributed by atoms with Gasteiger partial charge in [-0.05, 0) is 11.6 Å². The molecule has 0 amide bonds. The average Bonchev–Trinajstić information content (AvgIpc) is 2.76. The average molecular weight is 256 g/mol. The van der Waals surface area contributed by atoms with E-state index >= 15 is 0 Å². The van der Waals surface area contributed by atoms with Crippen LogP contribution in [0.15, 0.2) is 24.7 Å². The largest absolute Gasteiger partial charge is 0.287 e. The van der Waals surface area contributed by atoms with Crippen molar-refractivity contribution in [3.63, 3.8) is 0 Å². The molecule has 0 saturated heterocycles. The van der Waals surface area contributed by atoms with Crippen LogP contribution in [0.2, 0.25) is 5.02 Å². The van der Waals surface area contributed by atoms with Gasteiger partial charge in [-0.15, -0.1) is 11.6 Å². The smallest absolute Gasteiger partial charge is 0.156 e. The molecule has 2 heterocycles. The molecule has 2 rings (SSSR count). The number of imidazole rings is 1. The summed E-state index contributed by atoms with van der Waals surface area (Å²) in [6.45, 7) is 2.04. The second-order valence-corrected chi connectivity index (χ2v) is 4.02. The molecule has 0 aliphatic carbocycles. The van der Waals surface area contributed by atoms with Crippen molar-refractivity contribution in [2.75, 3.05) is 0 Å². The van der Waals surface area contributed by atoms with Gasteiger partial charge in [0.25, 0.3) is 0 Å². The molecule has 0 aromatic carbocycles. The highest BCUT2D eigenvalue weighted by Gasteiger charge is 2.08. The summed E-state index contributed by atoms with van der Waals surface area (Å²) in [6, 6.07) is 1.83. The van der Waals surface area contributed by atoms with Gasteiger partial charge in [0.15, 0.2) is 5.82 Å². The van der Waals surface area contributed by atoms with Gasteiger partial charge in [-0.2, -0.15) is 0 Å². The molecular formula is C11H11Cl2N3. The van der Waals surface area contributed by atoms with Gasteiger partial charge in [0.2, 0.25) is 0 Å². The summed E-state index contributed by atoms with van der Waals surface area (Å²) in [5.74, 6) is 2.05. The molecule has 3 nitrogen and oxygen atoms in total. The normalized spacial score (nSPS) is 10.7. The number of aromatic nitrogens is 3. The van der Waals surface area contributed by atoms with Crippen molar-refractivity contribution >= 4 is 23.2 Å². The summed E-state index contributed by atoms with van der Waals surface area (Å²) in [5, 5.41) is 0.589. The van der Waals surface area contributed by atoms with Crippen molar-refractivity contribution in [3.8, 4) is 5.82 Å². The van der Waals surface area contributed by atoms with Crippen molar-refractivity contribution in [1.82, 2.24) is 14.5 Å². The lowest BCUT2D eigenvalue weighted by molar-refractivity contribution is 0.866. The Labute approximate surface area is 104 Å². The summed E-state index contributed by atoms with van der Waals surface area (Å²) >= 11 is 11.9. The molecule has 0 fully saturated rings. The minimum Gasteiger partial charge on any atom is -0.287 e. The molecule has 16 heavy (non-hydrogen) atoms. The second kappa shape index (κ2) is 4.85. The number of hydrogen-bond acceptors (Lipinski definition) is 2. The van der Waals surface area contributed by atoms with Crippen molar-refractivity contribution in [2.45, 2.75) is 19.2 Å². The molecule has 0 unspecified atom stereocenters. The van der Waals surface area contributed by atoms with E-state index in [-0.39, 0.29) is 0 Å². The van der Waals surface area contributed by atoms with Crippen molar-refractivity contribution in [3.05, 3.63) is 41.1 Å². The Bertz CT molecular complexity index is 494. The summed E-state index contributed by atoms with van der Waals surface area (Å²) in [5.41, 5.74) is 0.911. The molecule has 0 spiro atoms. The lowest BCUT2D eigenvalue weighted by Crippen LogP contribution is -2.02. The molecule has 0 radical (unpaired) electrons. The number of aryl methyl sites for hydroxylation is 1. The van der Waals surface area contributed by atoms with Gasteiger partial charge >= 0.3 is 0 Å². The van der Waals surface area contributed by atoms with Gasteiger partial charge in [0.1, 0.15) is 5.82 Å². The third-order valence-corrected chi connectivity index (χ3v) is 2.88. The minimum atomic E-state index is 0.414. The van der Waals surface area contributed by atoms with E-state index in [2.05, 4.69) is 9.97 Å². The molecular weight excluding hydrogens is 245 g/mol. The summed E-state index contributed by atoms with van der Waals surface area (Å²) in [7, 11) is 0. The van der Waals surface area contributed by atoms with Crippen LogP contribution in [-0.4, -0.2) is 14.5 Å². The highest BCUT2D eigenvalue weighted by atomic mass is 35.5. The monoisotopic (exact) mass is 255 g/mol. The Hall–Kier alpha value is -1.06. The molecule has 0 N–H and O–H groups in total. The number of halogens is 2. The number of alkyl halides is 1. The molecule has 0 aliphatic heterocycles. The molecule has 0 saturated carbocycles. The van der Waals surface area contributed by atoms with E-state index in [9.17, 15) is 0 Å². The first-order valence-electron chi connectivity index (χ1n) is 4.99. The zero-order valence-electron chi connectivity index (χ0n) is 8.82. The fourth-order valence-electron chi connectivity index (χ4n) is 1.51. The van der Waals surface area contributed by atoms with Crippen LogP contribution in [0.1, 0.15) is 18.3 Å². The lowest BCUT2D eigenvalue weighted by atomic mass is 10.3. The molecule has 84 valence electrons. The van der Waals surface area contributed by atoms with Gasteiger partial charge in [-0.1, -0.05) is 18.5 Å². The van der Waals surface area contributed by atoms with Crippen LogP contribution in [-0.2, 0) is 12.3 Å². The van der Waals surface area contributed by atoms with Gasteiger partial charge < -0.3 is 0 Å². The number of rotatable bonds is 3. The predicted octanol–water partition coefficient (Wildman–Crippen LogP) is 3.22. The fourth-order valence-corrected chi connectivity index (χ4v) is 1.94. The van der Waals surface area contributed by atoms with E-state index in [1.54, 1.807) is 12.4 Å². The predicted molar refractivity (Wildman–Crippen MR) is 65.3 cm³/mol. The first kappa shape index (κ1) is 11.4. The number of pyridine rings is 1. The highest BCUT2D eigenvalue weighted by Crippen LogP contribution is 2.21. The Morgan fingerprint density at radius 3 is 2.81 bits per heavy atom. The van der Waals surface area contributed by atoms with Crippen LogP contribution in [0.4, 0.5) is 0 Å². The number of hydrogen-bond donors (Lipinski definition) is 0. The van der Waals surface area contributed by atoms with E-state index in [0.29, 0.717) is 16.7 Å². The van der Waals surface area contributed by atoms with Gasteiger partial charge in [0.05, 0.1) is 5.02 Å². The van der Waals surface area contributed by atoms with Gasteiger partial charge in [-0.25, -0.2) is 9.97 Å². The maximum absolute atomic E-state index is 6.16. The van der Waals surface area contributed by atoms with Crippen molar-refractivity contribution in [2.24, 2.45) is 0 Å². The maximum Gasteiger partial charge on any atom is 0.156 e. The van der Waals surface area contributed by atoms with Crippen LogP contribution in [0, 0.1) is 0 Å². The zero-order valence-corrected chi connectivity index (χ0v) is 10.3. The van der Waals surface area contributed by atoms with Crippen LogP contribution in [0.3, 0.4) is 0 Å². The summed E-state index contributed by atoms with van der Waals surface area (Å²) in [4.78, 5) is 8.54. The van der Waals surface area contributed by atoms with E-state index in [4.69, 9.17) is 23.2 Å². The Morgan fingerprint density at radius 2 is 2.19 bits per heavy atom. The van der Waals surface area contributed by atoms with E-state index in [0.717, 1.165) is 17.8 Å². The third kappa shape index (κ3) is 2.06. The molecule has 0 aliphatic rings. The first-order valence-corrected chi connectivity index (χ1v) is 5.90. The topological polar surface area (TPSA) is 30.7 Å². The summed E-state index contributed by atoms with van der Waals surface area (Å²) < 4.78 is 1.89. The number of nitrogens with zero attached hydrogens (tertiary/aromatic N) is 3. The quantitative estimate of drug-likeness (QED) is 0.789. The highest BCUT2D eigenvalue weighted by molar-refractivity contribution is 6.32. The van der Waals surface area contributed by atoms with Crippen LogP contribution >= 0.6 is 23.2 Å².